The quantitative estimate of drug-likeness (QED) is 0.579. The van der Waals surface area contributed by atoms with Crippen molar-refractivity contribution >= 4 is 28.8 Å². The highest BCUT2D eigenvalue weighted by atomic mass is 19.1. The number of rotatable bonds is 6. The maximum Gasteiger partial charge on any atom is 0.282 e. The Kier molecular flexibility index (Phi) is 5.54. The highest BCUT2D eigenvalue weighted by Gasteiger charge is 2.40. The van der Waals surface area contributed by atoms with E-state index in [1.807, 2.05) is 19.9 Å². The molecule has 0 unspecified atom stereocenters. The van der Waals surface area contributed by atoms with E-state index in [1.165, 1.54) is 18.2 Å². The lowest BCUT2D eigenvalue weighted by atomic mass is 10.0. The van der Waals surface area contributed by atoms with Gasteiger partial charge in [0.15, 0.2) is 0 Å². The highest BCUT2D eigenvalue weighted by molar-refractivity contribution is 6.46. The van der Waals surface area contributed by atoms with Crippen molar-refractivity contribution in [2.45, 2.75) is 13.8 Å². The minimum Gasteiger partial charge on any atom is -0.494 e. The van der Waals surface area contributed by atoms with Crippen molar-refractivity contribution in [3.8, 4) is 5.75 Å². The van der Waals surface area contributed by atoms with Crippen LogP contribution in [0, 0.1) is 12.7 Å². The molecule has 2 amide bonds. The van der Waals surface area contributed by atoms with E-state index in [9.17, 15) is 14.0 Å². The van der Waals surface area contributed by atoms with Gasteiger partial charge in [-0.15, -0.1) is 0 Å². The summed E-state index contributed by atoms with van der Waals surface area (Å²) < 4.78 is 19.2. The van der Waals surface area contributed by atoms with E-state index in [4.69, 9.17) is 4.74 Å². The number of benzene rings is 3. The lowest BCUT2D eigenvalue weighted by molar-refractivity contribution is -0.120. The summed E-state index contributed by atoms with van der Waals surface area (Å²) in [7, 11) is 0. The van der Waals surface area contributed by atoms with Crippen LogP contribution in [-0.4, -0.2) is 18.4 Å². The predicted molar refractivity (Wildman–Crippen MR) is 118 cm³/mol. The summed E-state index contributed by atoms with van der Waals surface area (Å²) in [6.07, 6.45) is 0. The number of amides is 2. The van der Waals surface area contributed by atoms with Crippen LogP contribution in [0.5, 0.6) is 5.75 Å². The molecule has 1 N–H and O–H groups in total. The van der Waals surface area contributed by atoms with Gasteiger partial charge in [0.2, 0.25) is 0 Å². The fourth-order valence-corrected chi connectivity index (χ4v) is 3.51. The van der Waals surface area contributed by atoms with Gasteiger partial charge in [0.05, 0.1) is 17.9 Å². The number of aryl methyl sites for hydroxylation is 1. The molecule has 5 nitrogen and oxygen atoms in total. The standard InChI is InChI=1S/C25H21FN2O3/c1-3-31-21-12-10-17(11-13-21)22-23(27-19-8-5-7-18(26)15-19)25(30)28(24(22)29)20-9-4-6-16(2)14-20/h4-15,27H,3H2,1-2H3. The van der Waals surface area contributed by atoms with Crippen molar-refractivity contribution in [3.05, 3.63) is 95.4 Å². The Labute approximate surface area is 179 Å². The van der Waals surface area contributed by atoms with Crippen LogP contribution in [-0.2, 0) is 9.59 Å². The van der Waals surface area contributed by atoms with Gasteiger partial charge in [0.1, 0.15) is 17.3 Å². The van der Waals surface area contributed by atoms with E-state index >= 15 is 0 Å². The van der Waals surface area contributed by atoms with Gasteiger partial charge < -0.3 is 10.1 Å². The third kappa shape index (κ3) is 4.05. The van der Waals surface area contributed by atoms with Crippen LogP contribution in [0.15, 0.2) is 78.5 Å². The van der Waals surface area contributed by atoms with Gasteiger partial charge >= 0.3 is 0 Å². The van der Waals surface area contributed by atoms with E-state index in [1.54, 1.807) is 48.5 Å². The van der Waals surface area contributed by atoms with Gasteiger partial charge in [-0.2, -0.15) is 0 Å². The Morgan fingerprint density at radius 1 is 0.935 bits per heavy atom. The monoisotopic (exact) mass is 416 g/mol. The summed E-state index contributed by atoms with van der Waals surface area (Å²) in [5.41, 5.74) is 2.67. The molecule has 0 aliphatic carbocycles. The molecule has 0 radical (unpaired) electrons. The lowest BCUT2D eigenvalue weighted by Crippen LogP contribution is -2.32. The number of hydrogen-bond acceptors (Lipinski definition) is 4. The molecule has 0 atom stereocenters. The van der Waals surface area contributed by atoms with Crippen LogP contribution in [0.4, 0.5) is 15.8 Å². The number of nitrogens with zero attached hydrogens (tertiary/aromatic N) is 1. The average molecular weight is 416 g/mol. The van der Waals surface area contributed by atoms with Gasteiger partial charge in [-0.1, -0.05) is 30.3 Å². The summed E-state index contributed by atoms with van der Waals surface area (Å²) in [5, 5.41) is 2.96. The van der Waals surface area contributed by atoms with Crippen molar-refractivity contribution < 1.29 is 18.7 Å². The summed E-state index contributed by atoms with van der Waals surface area (Å²) in [4.78, 5) is 27.9. The normalized spacial score (nSPS) is 13.7. The lowest BCUT2D eigenvalue weighted by Gasteiger charge is -2.16. The van der Waals surface area contributed by atoms with Crippen LogP contribution < -0.4 is 15.0 Å². The van der Waals surface area contributed by atoms with Gasteiger partial charge in [0.25, 0.3) is 11.8 Å². The molecule has 1 aliphatic rings. The molecule has 0 saturated carbocycles. The van der Waals surface area contributed by atoms with E-state index in [0.717, 1.165) is 10.5 Å². The summed E-state index contributed by atoms with van der Waals surface area (Å²) in [5.74, 6) is -0.721. The minimum absolute atomic E-state index is 0.0984. The smallest absolute Gasteiger partial charge is 0.282 e. The molecule has 6 heteroatoms. The Morgan fingerprint density at radius 3 is 2.35 bits per heavy atom. The number of hydrogen-bond donors (Lipinski definition) is 1. The second-order valence-electron chi connectivity index (χ2n) is 7.13. The first-order valence-electron chi connectivity index (χ1n) is 9.93. The molecule has 0 spiro atoms. The zero-order valence-corrected chi connectivity index (χ0v) is 17.2. The molecule has 0 aromatic heterocycles. The molecule has 0 saturated heterocycles. The fraction of sp³-hybridized carbons (Fsp3) is 0.120. The Morgan fingerprint density at radius 2 is 1.68 bits per heavy atom. The minimum atomic E-state index is -0.497. The number of halogens is 1. The largest absolute Gasteiger partial charge is 0.494 e. The number of carbonyl (C=O) groups excluding carboxylic acids is 2. The zero-order chi connectivity index (χ0) is 22.0. The van der Waals surface area contributed by atoms with Crippen LogP contribution in [0.1, 0.15) is 18.1 Å². The zero-order valence-electron chi connectivity index (χ0n) is 17.2. The highest BCUT2D eigenvalue weighted by Crippen LogP contribution is 2.34. The van der Waals surface area contributed by atoms with Gasteiger partial charge in [0, 0.05) is 5.69 Å². The molecule has 0 bridgehead atoms. The average Bonchev–Trinajstić information content (AvgIpc) is 2.98. The maximum absolute atomic E-state index is 13.7. The number of nitrogens with one attached hydrogen (secondary N) is 1. The first-order valence-corrected chi connectivity index (χ1v) is 9.93. The molecule has 31 heavy (non-hydrogen) atoms. The maximum atomic E-state index is 13.7. The third-order valence-corrected chi connectivity index (χ3v) is 4.89. The predicted octanol–water partition coefficient (Wildman–Crippen LogP) is 4.93. The van der Waals surface area contributed by atoms with Gasteiger partial charge in [-0.05, 0) is 67.4 Å². The number of anilines is 2. The van der Waals surface area contributed by atoms with E-state index in [2.05, 4.69) is 5.32 Å². The molecule has 3 aromatic carbocycles. The van der Waals surface area contributed by atoms with Crippen LogP contribution >= 0.6 is 0 Å². The summed E-state index contributed by atoms with van der Waals surface area (Å²) >= 11 is 0. The Balaban J connectivity index is 1.80. The topological polar surface area (TPSA) is 58.6 Å². The molecule has 4 rings (SSSR count). The van der Waals surface area contributed by atoms with Crippen LogP contribution in [0.2, 0.25) is 0 Å². The molecule has 1 heterocycles. The molecular formula is C25H21FN2O3. The molecule has 1 aliphatic heterocycles. The SMILES string of the molecule is CCOc1ccc(C2=C(Nc3cccc(F)c3)C(=O)N(c3cccc(C)c3)C2=O)cc1. The molecule has 0 fully saturated rings. The summed E-state index contributed by atoms with van der Waals surface area (Å²) in [6.45, 7) is 4.30. The Bertz CT molecular complexity index is 1190. The second-order valence-corrected chi connectivity index (χ2v) is 7.13. The first kappa shape index (κ1) is 20.3. The molecule has 3 aromatic rings. The fourth-order valence-electron chi connectivity index (χ4n) is 3.51. The van der Waals surface area contributed by atoms with E-state index in [0.29, 0.717) is 29.3 Å². The van der Waals surface area contributed by atoms with Crippen molar-refractivity contribution in [3.63, 3.8) is 0 Å². The van der Waals surface area contributed by atoms with Gasteiger partial charge in [-0.25, -0.2) is 9.29 Å². The molecular weight excluding hydrogens is 395 g/mol. The molecule has 156 valence electrons. The van der Waals surface area contributed by atoms with E-state index < -0.39 is 17.6 Å². The van der Waals surface area contributed by atoms with E-state index in [-0.39, 0.29) is 11.3 Å². The number of carbonyl (C=O) groups is 2. The first-order chi connectivity index (χ1) is 15.0. The third-order valence-electron chi connectivity index (χ3n) is 4.89. The number of ether oxygens (including phenoxy) is 1. The van der Waals surface area contributed by atoms with Crippen molar-refractivity contribution in [2.75, 3.05) is 16.8 Å². The van der Waals surface area contributed by atoms with Crippen molar-refractivity contribution in [1.82, 2.24) is 0 Å². The van der Waals surface area contributed by atoms with Gasteiger partial charge in [-0.3, -0.25) is 9.59 Å². The van der Waals surface area contributed by atoms with Crippen LogP contribution in [0.3, 0.4) is 0 Å². The van der Waals surface area contributed by atoms with Crippen LogP contribution in [0.25, 0.3) is 5.57 Å². The Hall–Kier alpha value is -3.93. The second kappa shape index (κ2) is 8.44. The van der Waals surface area contributed by atoms with Crippen molar-refractivity contribution in [2.24, 2.45) is 0 Å². The van der Waals surface area contributed by atoms with Crippen molar-refractivity contribution in [1.29, 1.82) is 0 Å². The number of imide groups is 1. The summed E-state index contributed by atoms with van der Waals surface area (Å²) in [6, 6.07) is 19.9.